The molecule has 0 atom stereocenters. The number of fused-ring (bicyclic) bond motifs is 2. The molecular formula is C29H39N9O4S2. The van der Waals surface area contributed by atoms with Gasteiger partial charge in [-0.05, 0) is 31.5 Å². The third-order valence-electron chi connectivity index (χ3n) is 8.22. The number of carbonyl (C=O) groups excluding carboxylic acids is 1. The van der Waals surface area contributed by atoms with Crippen LogP contribution in [0.5, 0.6) is 0 Å². The largest absolute Gasteiger partial charge is 0.353 e. The third-order valence-corrected chi connectivity index (χ3v) is 9.52. The molecule has 0 spiro atoms. The molecule has 2 fully saturated rings. The summed E-state index contributed by atoms with van der Waals surface area (Å²) in [7, 11) is 0. The van der Waals surface area contributed by atoms with Gasteiger partial charge in [-0.3, -0.25) is 24.9 Å². The number of thiophene rings is 1. The fraction of sp³-hybridized carbons (Fsp3) is 0.517. The van der Waals surface area contributed by atoms with Gasteiger partial charge in [-0.25, -0.2) is 15.4 Å². The summed E-state index contributed by atoms with van der Waals surface area (Å²) in [6, 6.07) is 8.34. The number of carbonyl (C=O) groups is 1. The minimum absolute atomic E-state index is 0.316. The van der Waals surface area contributed by atoms with E-state index in [4.69, 9.17) is 24.5 Å². The highest BCUT2D eigenvalue weighted by Crippen LogP contribution is 2.36. The molecule has 0 bridgehead atoms. The first-order chi connectivity index (χ1) is 21.6. The molecular weight excluding hydrogens is 603 g/mol. The summed E-state index contributed by atoms with van der Waals surface area (Å²) in [4.78, 5) is 35.5. The van der Waals surface area contributed by atoms with E-state index in [0.29, 0.717) is 6.42 Å². The molecule has 5 heterocycles. The lowest BCUT2D eigenvalue weighted by molar-refractivity contribution is -0.365. The van der Waals surface area contributed by atoms with E-state index in [1.165, 1.54) is 16.9 Å². The minimum atomic E-state index is -0.316. The molecule has 236 valence electrons. The van der Waals surface area contributed by atoms with Gasteiger partial charge in [0.2, 0.25) is 5.91 Å². The molecule has 3 aromatic heterocycles. The lowest BCUT2D eigenvalue weighted by Gasteiger charge is -2.35. The van der Waals surface area contributed by atoms with E-state index in [1.807, 2.05) is 29.6 Å². The third kappa shape index (κ3) is 7.49. The predicted molar refractivity (Wildman–Crippen MR) is 172 cm³/mol. The zero-order chi connectivity index (χ0) is 30.3. The first-order valence-electron chi connectivity index (χ1n) is 15.1. The number of hydrogen-bond acceptors (Lipinski definition) is 13. The molecule has 0 radical (unpaired) electrons. The number of benzene rings is 1. The van der Waals surface area contributed by atoms with Gasteiger partial charge in [0.1, 0.15) is 0 Å². The molecule has 44 heavy (non-hydrogen) atoms. The summed E-state index contributed by atoms with van der Waals surface area (Å²) in [6.45, 7) is 8.94. The van der Waals surface area contributed by atoms with Gasteiger partial charge in [0.25, 0.3) is 0 Å². The average Bonchev–Trinajstić information content (AvgIpc) is 3.71. The first-order valence-corrected chi connectivity index (χ1v) is 17.1. The van der Waals surface area contributed by atoms with E-state index in [2.05, 4.69) is 37.0 Å². The molecule has 15 heteroatoms. The molecule has 3 N–H and O–H groups in total. The van der Waals surface area contributed by atoms with Crippen molar-refractivity contribution in [1.29, 1.82) is 0 Å². The number of unbranched alkanes of at least 4 members (excludes halogenated alkanes) is 2. The Kier molecular flexibility index (Phi) is 10.6. The Labute approximate surface area is 264 Å². The van der Waals surface area contributed by atoms with Crippen LogP contribution < -0.4 is 10.4 Å². The number of aromatic nitrogens is 4. The van der Waals surface area contributed by atoms with E-state index in [-0.39, 0.29) is 5.91 Å². The van der Waals surface area contributed by atoms with Gasteiger partial charge in [-0.2, -0.15) is 10.2 Å². The number of nitrogens with zero attached hydrogens (tertiary/aromatic N) is 7. The number of amides is 1. The molecule has 0 saturated carbocycles. The summed E-state index contributed by atoms with van der Waals surface area (Å²) in [5.74, 6) is 1.41. The second kappa shape index (κ2) is 14.9. The summed E-state index contributed by atoms with van der Waals surface area (Å²) in [5.41, 5.74) is 4.63. The Morgan fingerprint density at radius 3 is 2.68 bits per heavy atom. The maximum Gasteiger partial charge on any atom is 0.243 e. The van der Waals surface area contributed by atoms with Gasteiger partial charge < -0.3 is 4.90 Å². The van der Waals surface area contributed by atoms with Crippen LogP contribution >= 0.6 is 23.4 Å². The molecule has 2 aliphatic rings. The lowest BCUT2D eigenvalue weighted by atomic mass is 10.1. The van der Waals surface area contributed by atoms with Crippen molar-refractivity contribution >= 4 is 56.2 Å². The normalized spacial score (nSPS) is 17.2. The molecule has 2 saturated heterocycles. The zero-order valence-electron chi connectivity index (χ0n) is 24.9. The highest BCUT2D eigenvalue weighted by molar-refractivity contribution is 7.93. The first kappa shape index (κ1) is 31.1. The van der Waals surface area contributed by atoms with E-state index < -0.39 is 0 Å². The molecule has 6 rings (SSSR count). The van der Waals surface area contributed by atoms with Gasteiger partial charge in [0, 0.05) is 99.4 Å². The molecule has 1 aromatic carbocycles. The van der Waals surface area contributed by atoms with Crippen LogP contribution in [0, 0.1) is 0 Å². The summed E-state index contributed by atoms with van der Waals surface area (Å²) in [5, 5.41) is 18.9. The Morgan fingerprint density at radius 1 is 1.07 bits per heavy atom. The topological polar surface area (TPSA) is 135 Å². The van der Waals surface area contributed by atoms with Crippen LogP contribution in [0.1, 0.15) is 30.6 Å². The predicted octanol–water partition coefficient (Wildman–Crippen LogP) is 3.68. The Hall–Kier alpha value is -2.89. The monoisotopic (exact) mass is 641 g/mol. The summed E-state index contributed by atoms with van der Waals surface area (Å²) < 4.78 is 6.16. The quantitative estimate of drug-likeness (QED) is 0.0646. The van der Waals surface area contributed by atoms with Crippen LogP contribution in [-0.2, 0) is 20.7 Å². The van der Waals surface area contributed by atoms with Crippen molar-refractivity contribution in [3.8, 4) is 11.4 Å². The average molecular weight is 642 g/mol. The van der Waals surface area contributed by atoms with Gasteiger partial charge >= 0.3 is 0 Å². The summed E-state index contributed by atoms with van der Waals surface area (Å²) in [6.07, 6.45) is 6.84. The molecule has 1 amide bonds. The Balaban J connectivity index is 1.18. The van der Waals surface area contributed by atoms with Crippen LogP contribution in [0.2, 0.25) is 0 Å². The second-order valence-corrected chi connectivity index (χ2v) is 12.7. The van der Waals surface area contributed by atoms with E-state index >= 15 is 0 Å². The molecule has 0 aliphatic carbocycles. The number of anilines is 1. The standard InChI is InChI=1S/C29H39N9O4S2/c1-43-42-41-38-16-12-36(13-17-38)20-21-18-25-27(44-21)29(32-28(31-25)22-6-5-7-24-23(22)19-30-33-24)37-14-10-35(11-15-37)9-4-2-3-8-26(39)34-40/h5-7,18-19,40H,2-4,8-17,20H2,1H3,(H,30,33)(H,34,39). The van der Waals surface area contributed by atoms with Crippen molar-refractivity contribution in [2.45, 2.75) is 32.2 Å². The van der Waals surface area contributed by atoms with Crippen molar-refractivity contribution in [3.63, 3.8) is 0 Å². The van der Waals surface area contributed by atoms with Crippen molar-refractivity contribution in [2.24, 2.45) is 0 Å². The highest BCUT2D eigenvalue weighted by Gasteiger charge is 2.25. The van der Waals surface area contributed by atoms with Crippen molar-refractivity contribution in [1.82, 2.24) is 40.5 Å². The smallest absolute Gasteiger partial charge is 0.243 e. The van der Waals surface area contributed by atoms with Crippen LogP contribution in [0.25, 0.3) is 32.5 Å². The molecule has 0 unspecified atom stereocenters. The number of hydroxylamine groups is 3. The summed E-state index contributed by atoms with van der Waals surface area (Å²) >= 11 is 3.00. The van der Waals surface area contributed by atoms with Gasteiger partial charge in [-0.1, -0.05) is 18.6 Å². The van der Waals surface area contributed by atoms with Crippen molar-refractivity contribution < 1.29 is 19.3 Å². The Bertz CT molecular complexity index is 1530. The zero-order valence-corrected chi connectivity index (χ0v) is 26.5. The van der Waals surface area contributed by atoms with Gasteiger partial charge in [0.05, 0.1) is 21.9 Å². The fourth-order valence-electron chi connectivity index (χ4n) is 5.83. The van der Waals surface area contributed by atoms with E-state index in [9.17, 15) is 4.79 Å². The number of piperazine rings is 2. The lowest BCUT2D eigenvalue weighted by Crippen LogP contribution is -2.47. The van der Waals surface area contributed by atoms with Crippen LogP contribution in [0.4, 0.5) is 5.82 Å². The minimum Gasteiger partial charge on any atom is -0.353 e. The second-order valence-electron chi connectivity index (χ2n) is 11.1. The number of rotatable bonds is 13. The number of H-pyrrole nitrogens is 1. The van der Waals surface area contributed by atoms with Gasteiger partial charge in [0.15, 0.2) is 11.6 Å². The van der Waals surface area contributed by atoms with E-state index in [1.54, 1.807) is 16.8 Å². The van der Waals surface area contributed by atoms with Crippen LogP contribution in [0.15, 0.2) is 30.5 Å². The van der Waals surface area contributed by atoms with E-state index in [0.717, 1.165) is 123 Å². The molecule has 2 aliphatic heterocycles. The highest BCUT2D eigenvalue weighted by atomic mass is 32.2. The maximum atomic E-state index is 11.2. The molecule has 4 aromatic rings. The molecule has 13 nitrogen and oxygen atoms in total. The Morgan fingerprint density at radius 2 is 1.89 bits per heavy atom. The van der Waals surface area contributed by atoms with Gasteiger partial charge in [-0.15, -0.1) is 20.7 Å². The SMILES string of the molecule is CSOON1CCN(Cc2cc3nc(-c4cccc5[nH]ncc45)nc(N4CCN(CCCCCC(=O)NO)CC4)c3s2)CC1. The fourth-order valence-corrected chi connectivity index (χ4v) is 7.14. The number of hydrogen-bond donors (Lipinski definition) is 3. The number of nitrogens with one attached hydrogen (secondary N) is 2. The van der Waals surface area contributed by atoms with Crippen molar-refractivity contribution in [2.75, 3.05) is 70.1 Å². The van der Waals surface area contributed by atoms with Crippen LogP contribution in [0.3, 0.4) is 0 Å². The van der Waals surface area contributed by atoms with Crippen molar-refractivity contribution in [3.05, 3.63) is 35.3 Å². The number of aromatic amines is 1. The van der Waals surface area contributed by atoms with Crippen LogP contribution in [-0.4, -0.2) is 111 Å². The maximum absolute atomic E-state index is 11.2.